The molecule has 0 radical (unpaired) electrons. The van der Waals surface area contributed by atoms with E-state index in [0.717, 1.165) is 26.1 Å². The summed E-state index contributed by atoms with van der Waals surface area (Å²) in [4.78, 5) is 13.4. The summed E-state index contributed by atoms with van der Waals surface area (Å²) >= 11 is 0. The SMILES string of the molecule is CNCC1CCCN(c2c([N+](=O)[O-])c(C(C)C)nn2C)C1. The minimum absolute atomic E-state index is 0.0447. The summed E-state index contributed by atoms with van der Waals surface area (Å²) < 4.78 is 1.68. The lowest BCUT2D eigenvalue weighted by Gasteiger charge is -2.33. The van der Waals surface area contributed by atoms with Crippen LogP contribution in [0.2, 0.25) is 0 Å². The van der Waals surface area contributed by atoms with Gasteiger partial charge in [0.05, 0.1) is 4.92 Å². The Morgan fingerprint density at radius 3 is 2.81 bits per heavy atom. The summed E-state index contributed by atoms with van der Waals surface area (Å²) in [6.07, 6.45) is 2.23. The van der Waals surface area contributed by atoms with Gasteiger partial charge in [-0.3, -0.25) is 10.1 Å². The molecular formula is C14H25N5O2. The molecule has 2 rings (SSSR count). The minimum atomic E-state index is -0.278. The molecule has 1 saturated heterocycles. The lowest BCUT2D eigenvalue weighted by Crippen LogP contribution is -2.40. The van der Waals surface area contributed by atoms with Crippen molar-refractivity contribution in [2.45, 2.75) is 32.6 Å². The largest absolute Gasteiger partial charge is 0.351 e. The molecule has 1 fully saturated rings. The number of aryl methyl sites for hydroxylation is 1. The Bertz CT molecular complexity index is 510. The van der Waals surface area contributed by atoms with Gasteiger partial charge >= 0.3 is 5.69 Å². The van der Waals surface area contributed by atoms with E-state index in [1.54, 1.807) is 11.7 Å². The Hall–Kier alpha value is -1.63. The smallest absolute Gasteiger partial charge is 0.334 e. The molecule has 1 aromatic rings. The fraction of sp³-hybridized carbons (Fsp3) is 0.786. The molecule has 0 amide bonds. The van der Waals surface area contributed by atoms with Gasteiger partial charge in [0.1, 0.15) is 5.69 Å². The maximum Gasteiger partial charge on any atom is 0.334 e. The monoisotopic (exact) mass is 295 g/mol. The highest BCUT2D eigenvalue weighted by atomic mass is 16.6. The topological polar surface area (TPSA) is 76.2 Å². The third-order valence-corrected chi connectivity index (χ3v) is 4.06. The molecule has 118 valence electrons. The quantitative estimate of drug-likeness (QED) is 0.663. The van der Waals surface area contributed by atoms with Crippen molar-refractivity contribution in [2.24, 2.45) is 13.0 Å². The van der Waals surface area contributed by atoms with Gasteiger partial charge in [0.15, 0.2) is 0 Å². The van der Waals surface area contributed by atoms with E-state index in [1.807, 2.05) is 20.9 Å². The van der Waals surface area contributed by atoms with Crippen molar-refractivity contribution in [1.82, 2.24) is 15.1 Å². The van der Waals surface area contributed by atoms with Gasteiger partial charge in [-0.25, -0.2) is 4.68 Å². The van der Waals surface area contributed by atoms with Gasteiger partial charge in [0, 0.05) is 26.1 Å². The van der Waals surface area contributed by atoms with E-state index in [4.69, 9.17) is 0 Å². The minimum Gasteiger partial charge on any atom is -0.351 e. The first-order valence-electron chi connectivity index (χ1n) is 7.56. The van der Waals surface area contributed by atoms with Crippen LogP contribution in [-0.4, -0.2) is 41.4 Å². The van der Waals surface area contributed by atoms with Gasteiger partial charge in [-0.05, 0) is 32.4 Å². The predicted molar refractivity (Wildman–Crippen MR) is 82.8 cm³/mol. The van der Waals surface area contributed by atoms with Crippen molar-refractivity contribution in [3.63, 3.8) is 0 Å². The molecule has 1 aliphatic heterocycles. The summed E-state index contributed by atoms with van der Waals surface area (Å²) in [6, 6.07) is 0. The number of piperidine rings is 1. The number of nitrogens with one attached hydrogen (secondary N) is 1. The van der Waals surface area contributed by atoms with E-state index in [1.165, 1.54) is 6.42 Å². The zero-order chi connectivity index (χ0) is 15.6. The van der Waals surface area contributed by atoms with Crippen LogP contribution < -0.4 is 10.2 Å². The standard InChI is InChI=1S/C14H25N5O2/c1-10(2)12-13(19(20)21)14(17(4)16-12)18-7-5-6-11(9-18)8-15-3/h10-11,15H,5-9H2,1-4H3. The molecule has 1 N–H and O–H groups in total. The van der Waals surface area contributed by atoms with Crippen molar-refractivity contribution in [1.29, 1.82) is 0 Å². The van der Waals surface area contributed by atoms with E-state index in [0.29, 0.717) is 17.4 Å². The van der Waals surface area contributed by atoms with Crippen LogP contribution in [0.4, 0.5) is 11.5 Å². The third-order valence-electron chi connectivity index (χ3n) is 4.06. The number of hydrogen-bond acceptors (Lipinski definition) is 5. The normalized spacial score (nSPS) is 19.3. The van der Waals surface area contributed by atoms with Gasteiger partial charge < -0.3 is 10.2 Å². The van der Waals surface area contributed by atoms with Gasteiger partial charge in [-0.1, -0.05) is 13.8 Å². The van der Waals surface area contributed by atoms with Gasteiger partial charge in [0.2, 0.25) is 5.82 Å². The summed E-state index contributed by atoms with van der Waals surface area (Å²) in [6.45, 7) is 6.54. The molecular weight excluding hydrogens is 270 g/mol. The number of hydrogen-bond donors (Lipinski definition) is 1. The maximum absolute atomic E-state index is 11.5. The van der Waals surface area contributed by atoms with Crippen LogP contribution in [0.1, 0.15) is 38.3 Å². The lowest BCUT2D eigenvalue weighted by atomic mass is 9.98. The maximum atomic E-state index is 11.5. The van der Waals surface area contributed by atoms with Crippen LogP contribution in [0.15, 0.2) is 0 Å². The Labute approximate surface area is 125 Å². The first-order valence-corrected chi connectivity index (χ1v) is 7.56. The molecule has 0 aromatic carbocycles. The molecule has 0 spiro atoms. The molecule has 1 unspecified atom stereocenters. The van der Waals surface area contributed by atoms with Crippen LogP contribution in [0.5, 0.6) is 0 Å². The highest BCUT2D eigenvalue weighted by Gasteiger charge is 2.33. The zero-order valence-corrected chi connectivity index (χ0v) is 13.3. The Morgan fingerprint density at radius 2 is 2.24 bits per heavy atom. The van der Waals surface area contributed by atoms with E-state index in [2.05, 4.69) is 15.3 Å². The van der Waals surface area contributed by atoms with Crippen LogP contribution >= 0.6 is 0 Å². The Morgan fingerprint density at radius 1 is 1.52 bits per heavy atom. The van der Waals surface area contributed by atoms with E-state index >= 15 is 0 Å². The molecule has 2 heterocycles. The summed E-state index contributed by atoms with van der Waals surface area (Å²) in [5, 5.41) is 19.1. The molecule has 1 aromatic heterocycles. The van der Waals surface area contributed by atoms with E-state index in [9.17, 15) is 10.1 Å². The first-order chi connectivity index (χ1) is 9.95. The highest BCUT2D eigenvalue weighted by molar-refractivity contribution is 5.62. The second-order valence-electron chi connectivity index (χ2n) is 6.10. The average molecular weight is 295 g/mol. The average Bonchev–Trinajstić information content (AvgIpc) is 2.77. The third kappa shape index (κ3) is 3.18. The fourth-order valence-electron chi connectivity index (χ4n) is 3.16. The molecule has 7 nitrogen and oxygen atoms in total. The molecule has 1 atom stereocenters. The number of anilines is 1. The second-order valence-corrected chi connectivity index (χ2v) is 6.10. The van der Waals surface area contributed by atoms with Crippen LogP contribution in [0.3, 0.4) is 0 Å². The second kappa shape index (κ2) is 6.43. The fourth-order valence-corrected chi connectivity index (χ4v) is 3.16. The molecule has 7 heteroatoms. The number of nitrogens with zero attached hydrogens (tertiary/aromatic N) is 4. The van der Waals surface area contributed by atoms with Crippen molar-refractivity contribution >= 4 is 11.5 Å². The zero-order valence-electron chi connectivity index (χ0n) is 13.3. The molecule has 21 heavy (non-hydrogen) atoms. The van der Waals surface area contributed by atoms with Gasteiger partial charge in [-0.15, -0.1) is 0 Å². The molecule has 0 bridgehead atoms. The van der Waals surface area contributed by atoms with Crippen molar-refractivity contribution in [3.8, 4) is 0 Å². The van der Waals surface area contributed by atoms with Gasteiger partial charge in [0.25, 0.3) is 0 Å². The van der Waals surface area contributed by atoms with Crippen molar-refractivity contribution in [2.75, 3.05) is 31.6 Å². The summed E-state index contributed by atoms with van der Waals surface area (Å²) in [7, 11) is 3.75. The van der Waals surface area contributed by atoms with Crippen molar-refractivity contribution < 1.29 is 4.92 Å². The summed E-state index contributed by atoms with van der Waals surface area (Å²) in [5.74, 6) is 1.23. The molecule has 0 aliphatic carbocycles. The van der Waals surface area contributed by atoms with Crippen LogP contribution in [0, 0.1) is 16.0 Å². The highest BCUT2D eigenvalue weighted by Crippen LogP contribution is 2.37. The number of rotatable bonds is 5. The predicted octanol–water partition coefficient (Wildman–Crippen LogP) is 1.89. The number of nitro groups is 1. The van der Waals surface area contributed by atoms with Gasteiger partial charge in [-0.2, -0.15) is 5.10 Å². The number of aromatic nitrogens is 2. The van der Waals surface area contributed by atoms with E-state index < -0.39 is 0 Å². The van der Waals surface area contributed by atoms with E-state index in [-0.39, 0.29) is 16.5 Å². The van der Waals surface area contributed by atoms with Crippen LogP contribution in [0.25, 0.3) is 0 Å². The Balaban J connectivity index is 2.36. The molecule has 1 aliphatic rings. The molecule has 0 saturated carbocycles. The van der Waals surface area contributed by atoms with Crippen molar-refractivity contribution in [3.05, 3.63) is 15.8 Å². The lowest BCUT2D eigenvalue weighted by molar-refractivity contribution is -0.385. The first kappa shape index (κ1) is 15.8. The Kier molecular flexibility index (Phi) is 4.82. The summed E-state index contributed by atoms with van der Waals surface area (Å²) in [5.41, 5.74) is 0.755. The van der Waals surface area contributed by atoms with Crippen LogP contribution in [-0.2, 0) is 7.05 Å².